The molecule has 0 aliphatic rings. The molecule has 1 heterocycles. The van der Waals surface area contributed by atoms with Crippen LogP contribution in [0.25, 0.3) is 0 Å². The van der Waals surface area contributed by atoms with Gasteiger partial charge in [0, 0.05) is 0 Å². The minimum Gasteiger partial charge on any atom is -0.167 e. The predicted octanol–water partition coefficient (Wildman–Crippen LogP) is 0.105. The number of hydrogen-bond acceptors (Lipinski definition) is 3. The fraction of sp³-hybridized carbons (Fsp3) is 0.667. The number of alkyl halides is 1. The van der Waals surface area contributed by atoms with Gasteiger partial charge in [-0.1, -0.05) is 15.9 Å². The molecule has 5 heteroatoms. The quantitative estimate of drug-likeness (QED) is 0.571. The Kier molecular flexibility index (Phi) is 1.57. The summed E-state index contributed by atoms with van der Waals surface area (Å²) >= 11 is 3.19. The monoisotopic (exact) mass is 176 g/mol. The van der Waals surface area contributed by atoms with E-state index in [-0.39, 0.29) is 0 Å². The van der Waals surface area contributed by atoms with Gasteiger partial charge in [0.15, 0.2) is 5.82 Å². The van der Waals surface area contributed by atoms with E-state index in [4.69, 9.17) is 0 Å². The molecule has 44 valence electrons. The molecule has 4 nitrogen and oxygen atoms in total. The van der Waals surface area contributed by atoms with Crippen LogP contribution in [0.5, 0.6) is 0 Å². The highest BCUT2D eigenvalue weighted by molar-refractivity contribution is 9.08. The standard InChI is InChI=1S/C3H5BrN4/c1-8-6-3(2-4)5-7-8/h2H2,1H3. The van der Waals surface area contributed by atoms with E-state index in [0.29, 0.717) is 11.2 Å². The largest absolute Gasteiger partial charge is 0.185 e. The van der Waals surface area contributed by atoms with E-state index < -0.39 is 0 Å². The first-order chi connectivity index (χ1) is 3.83. The Labute approximate surface area is 55.0 Å². The van der Waals surface area contributed by atoms with E-state index in [0.717, 1.165) is 0 Å². The zero-order valence-corrected chi connectivity index (χ0v) is 5.96. The fourth-order valence-corrected chi connectivity index (χ4v) is 0.601. The van der Waals surface area contributed by atoms with Crippen molar-refractivity contribution >= 4 is 15.9 Å². The van der Waals surface area contributed by atoms with Gasteiger partial charge in [0.05, 0.1) is 12.4 Å². The second-order valence-electron chi connectivity index (χ2n) is 1.33. The Morgan fingerprint density at radius 2 is 2.50 bits per heavy atom. The Hall–Kier alpha value is -0.450. The molecule has 0 aliphatic heterocycles. The van der Waals surface area contributed by atoms with Crippen molar-refractivity contribution in [3.63, 3.8) is 0 Å². The third kappa shape index (κ3) is 1.03. The molecular formula is C3H5BrN4. The van der Waals surface area contributed by atoms with Crippen molar-refractivity contribution in [2.45, 2.75) is 5.33 Å². The number of aryl methyl sites for hydroxylation is 1. The summed E-state index contributed by atoms with van der Waals surface area (Å²) in [6.45, 7) is 0. The maximum Gasteiger partial charge on any atom is 0.185 e. The van der Waals surface area contributed by atoms with Crippen LogP contribution in [-0.2, 0) is 12.4 Å². The normalized spacial score (nSPS) is 9.75. The molecule has 8 heavy (non-hydrogen) atoms. The summed E-state index contributed by atoms with van der Waals surface area (Å²) in [5.74, 6) is 0.715. The highest BCUT2D eigenvalue weighted by Gasteiger charge is 1.93. The van der Waals surface area contributed by atoms with Gasteiger partial charge in [-0.2, -0.15) is 4.80 Å². The maximum absolute atomic E-state index is 3.88. The molecule has 0 radical (unpaired) electrons. The highest BCUT2D eigenvalue weighted by atomic mass is 79.9. The van der Waals surface area contributed by atoms with Crippen molar-refractivity contribution in [1.29, 1.82) is 0 Å². The number of halogens is 1. The third-order valence-electron chi connectivity index (χ3n) is 0.669. The van der Waals surface area contributed by atoms with Gasteiger partial charge < -0.3 is 0 Å². The van der Waals surface area contributed by atoms with Crippen LogP contribution in [0.1, 0.15) is 5.82 Å². The zero-order chi connectivity index (χ0) is 5.98. The molecule has 0 fully saturated rings. The van der Waals surface area contributed by atoms with Crippen LogP contribution in [0, 0.1) is 0 Å². The topological polar surface area (TPSA) is 43.6 Å². The molecule has 0 saturated heterocycles. The van der Waals surface area contributed by atoms with Crippen molar-refractivity contribution in [2.24, 2.45) is 7.05 Å². The third-order valence-corrected chi connectivity index (χ3v) is 1.17. The van der Waals surface area contributed by atoms with Crippen molar-refractivity contribution in [1.82, 2.24) is 20.2 Å². The Morgan fingerprint density at radius 3 is 2.75 bits per heavy atom. The molecule has 0 saturated carbocycles. The molecular weight excluding hydrogens is 172 g/mol. The van der Waals surface area contributed by atoms with Gasteiger partial charge in [-0.3, -0.25) is 0 Å². The van der Waals surface area contributed by atoms with Crippen LogP contribution in [0.15, 0.2) is 0 Å². The molecule has 1 aromatic heterocycles. The zero-order valence-electron chi connectivity index (χ0n) is 4.37. The number of nitrogens with zero attached hydrogens (tertiary/aromatic N) is 4. The van der Waals surface area contributed by atoms with E-state index in [1.54, 1.807) is 7.05 Å². The van der Waals surface area contributed by atoms with E-state index >= 15 is 0 Å². The lowest BCUT2D eigenvalue weighted by molar-refractivity contribution is 0.628. The second-order valence-corrected chi connectivity index (χ2v) is 1.89. The molecule has 0 bridgehead atoms. The van der Waals surface area contributed by atoms with Crippen LogP contribution in [-0.4, -0.2) is 20.2 Å². The Balaban J connectivity index is 2.84. The number of hydrogen-bond donors (Lipinski definition) is 0. The smallest absolute Gasteiger partial charge is 0.167 e. The Morgan fingerprint density at radius 1 is 1.75 bits per heavy atom. The van der Waals surface area contributed by atoms with Gasteiger partial charge >= 0.3 is 0 Å². The van der Waals surface area contributed by atoms with E-state index in [9.17, 15) is 0 Å². The van der Waals surface area contributed by atoms with Gasteiger partial charge in [0.2, 0.25) is 0 Å². The molecule has 0 aliphatic carbocycles. The summed E-state index contributed by atoms with van der Waals surface area (Å²) in [4.78, 5) is 1.43. The summed E-state index contributed by atoms with van der Waals surface area (Å²) < 4.78 is 0. The molecule has 1 aromatic rings. The van der Waals surface area contributed by atoms with Crippen LogP contribution >= 0.6 is 15.9 Å². The van der Waals surface area contributed by atoms with Gasteiger partial charge in [-0.25, -0.2) is 0 Å². The summed E-state index contributed by atoms with van der Waals surface area (Å²) in [6, 6.07) is 0. The average Bonchev–Trinajstić information content (AvgIpc) is 2.14. The lowest BCUT2D eigenvalue weighted by Gasteiger charge is -1.76. The molecule has 0 amide bonds. The average molecular weight is 177 g/mol. The summed E-state index contributed by atoms with van der Waals surface area (Å²) in [6.07, 6.45) is 0. The van der Waals surface area contributed by atoms with Crippen LogP contribution in [0.2, 0.25) is 0 Å². The van der Waals surface area contributed by atoms with Crippen molar-refractivity contribution in [3.05, 3.63) is 5.82 Å². The first-order valence-corrected chi connectivity index (χ1v) is 3.24. The van der Waals surface area contributed by atoms with Gasteiger partial charge in [-0.15, -0.1) is 10.2 Å². The lowest BCUT2D eigenvalue weighted by Crippen LogP contribution is -1.91. The van der Waals surface area contributed by atoms with Crippen LogP contribution in [0.4, 0.5) is 0 Å². The number of rotatable bonds is 1. The molecule has 0 spiro atoms. The van der Waals surface area contributed by atoms with Crippen molar-refractivity contribution in [3.8, 4) is 0 Å². The van der Waals surface area contributed by atoms with Crippen LogP contribution in [0.3, 0.4) is 0 Å². The number of aromatic nitrogens is 4. The maximum atomic E-state index is 3.88. The number of tetrazole rings is 1. The summed E-state index contributed by atoms with van der Waals surface area (Å²) in [5, 5.41) is 11.8. The SMILES string of the molecule is Cn1nnc(CBr)n1. The van der Waals surface area contributed by atoms with Gasteiger partial charge in [0.25, 0.3) is 0 Å². The minimum atomic E-state index is 0.668. The molecule has 1 rings (SSSR count). The van der Waals surface area contributed by atoms with E-state index in [1.165, 1.54) is 4.80 Å². The molecule has 0 unspecified atom stereocenters. The van der Waals surface area contributed by atoms with E-state index in [1.807, 2.05) is 0 Å². The highest BCUT2D eigenvalue weighted by Crippen LogP contribution is 1.92. The first-order valence-electron chi connectivity index (χ1n) is 2.12. The second kappa shape index (κ2) is 2.21. The lowest BCUT2D eigenvalue weighted by atomic mass is 10.8. The first kappa shape index (κ1) is 5.68. The van der Waals surface area contributed by atoms with E-state index in [2.05, 4.69) is 31.3 Å². The van der Waals surface area contributed by atoms with Gasteiger partial charge in [0.1, 0.15) is 0 Å². The van der Waals surface area contributed by atoms with Crippen LogP contribution < -0.4 is 0 Å². The molecule has 0 N–H and O–H groups in total. The van der Waals surface area contributed by atoms with Gasteiger partial charge in [-0.05, 0) is 5.21 Å². The Bertz CT molecular complexity index is 172. The molecule has 0 aromatic carbocycles. The van der Waals surface area contributed by atoms with Crippen molar-refractivity contribution < 1.29 is 0 Å². The fourth-order valence-electron chi connectivity index (χ4n) is 0.377. The molecule has 0 atom stereocenters. The minimum absolute atomic E-state index is 0.668. The summed E-state index contributed by atoms with van der Waals surface area (Å²) in [7, 11) is 1.74. The predicted molar refractivity (Wildman–Crippen MR) is 31.4 cm³/mol. The summed E-state index contributed by atoms with van der Waals surface area (Å²) in [5.41, 5.74) is 0. The van der Waals surface area contributed by atoms with Crippen molar-refractivity contribution in [2.75, 3.05) is 0 Å².